The summed E-state index contributed by atoms with van der Waals surface area (Å²) < 4.78 is 62.1. The number of terminal acetylenes is 1. The number of hydrogen-bond acceptors (Lipinski definition) is 9. The second kappa shape index (κ2) is 11.9. The molecule has 274 valence electrons. The smallest absolute Gasteiger partial charge is 0.319 e. The molecule has 2 N–H and O–H groups in total. The van der Waals surface area contributed by atoms with Crippen molar-refractivity contribution in [1.29, 1.82) is 0 Å². The molecular formula is C40H40F3N7O3. The van der Waals surface area contributed by atoms with E-state index < -0.39 is 23.3 Å². The Labute approximate surface area is 304 Å². The number of phenols is 1. The second-order valence-corrected chi connectivity index (χ2v) is 15.7. The van der Waals surface area contributed by atoms with Gasteiger partial charge in [-0.25, -0.2) is 13.2 Å². The lowest BCUT2D eigenvalue weighted by Crippen LogP contribution is -2.65. The molecular weight excluding hydrogens is 683 g/mol. The van der Waals surface area contributed by atoms with Gasteiger partial charge in [0, 0.05) is 68.3 Å². The third kappa shape index (κ3) is 5.02. The van der Waals surface area contributed by atoms with E-state index in [1.165, 1.54) is 24.3 Å². The van der Waals surface area contributed by atoms with E-state index in [1.54, 1.807) is 11.7 Å². The highest BCUT2D eigenvalue weighted by Gasteiger charge is 2.52. The Morgan fingerprint density at radius 2 is 2.00 bits per heavy atom. The van der Waals surface area contributed by atoms with Crippen molar-refractivity contribution in [2.75, 3.05) is 44.3 Å². The fraction of sp³-hybridized carbons (Fsp3) is 0.475. The zero-order valence-electron chi connectivity index (χ0n) is 29.5. The van der Waals surface area contributed by atoms with Crippen molar-refractivity contribution in [3.05, 3.63) is 47.7 Å². The van der Waals surface area contributed by atoms with Crippen LogP contribution in [0.3, 0.4) is 0 Å². The fourth-order valence-corrected chi connectivity index (χ4v) is 10.3. The van der Waals surface area contributed by atoms with Gasteiger partial charge in [-0.1, -0.05) is 12.0 Å². The summed E-state index contributed by atoms with van der Waals surface area (Å²) in [5.74, 6) is 1.46. The van der Waals surface area contributed by atoms with E-state index >= 15 is 8.78 Å². The molecule has 10 rings (SSSR count). The lowest BCUT2D eigenvalue weighted by atomic mass is 9.88. The van der Waals surface area contributed by atoms with Crippen LogP contribution >= 0.6 is 0 Å². The summed E-state index contributed by atoms with van der Waals surface area (Å²) in [5.41, 5.74) is -0.291. The first-order valence-electron chi connectivity index (χ1n) is 18.6. The summed E-state index contributed by atoms with van der Waals surface area (Å²) in [6.07, 6.45) is 12.8. The SMILES string of the molecule is C#Cc1c(F)ccc2cc(O)cc(-c3c(F)c4nc(OC[C@@]56CCCN5C[C@H](F)C6)nc(N5CC6CCC([C@@H]7CCCO7)(C5)N6)c4c4cn(C)nc34)c12. The number of benzene rings is 3. The van der Waals surface area contributed by atoms with Crippen LogP contribution in [0.1, 0.15) is 50.5 Å². The number of fused-ring (bicyclic) bond motifs is 7. The average Bonchev–Trinajstić information content (AvgIpc) is 3.97. The van der Waals surface area contributed by atoms with Crippen LogP contribution in [-0.4, -0.2) is 98.5 Å². The second-order valence-electron chi connectivity index (χ2n) is 15.7. The van der Waals surface area contributed by atoms with Crippen molar-refractivity contribution in [2.24, 2.45) is 7.05 Å². The molecule has 5 fully saturated rings. The highest BCUT2D eigenvalue weighted by Crippen LogP contribution is 2.47. The average molecular weight is 724 g/mol. The third-order valence-corrected chi connectivity index (χ3v) is 12.5. The molecule has 5 saturated heterocycles. The van der Waals surface area contributed by atoms with Gasteiger partial charge in [0.05, 0.1) is 28.1 Å². The summed E-state index contributed by atoms with van der Waals surface area (Å²) in [6, 6.07) is 5.78. The largest absolute Gasteiger partial charge is 0.508 e. The molecule has 7 heterocycles. The molecule has 5 aromatic rings. The van der Waals surface area contributed by atoms with Crippen LogP contribution in [-0.2, 0) is 11.8 Å². The van der Waals surface area contributed by atoms with E-state index in [-0.39, 0.29) is 63.6 Å². The molecule has 5 atom stereocenters. The van der Waals surface area contributed by atoms with E-state index in [0.29, 0.717) is 53.5 Å². The van der Waals surface area contributed by atoms with Crippen LogP contribution in [0.2, 0.25) is 0 Å². The number of nitrogens with one attached hydrogen (secondary N) is 1. The van der Waals surface area contributed by atoms with E-state index in [2.05, 4.69) is 21.0 Å². The van der Waals surface area contributed by atoms with Crippen molar-refractivity contribution in [3.8, 4) is 35.2 Å². The Kier molecular flexibility index (Phi) is 7.42. The predicted molar refractivity (Wildman–Crippen MR) is 195 cm³/mol. The predicted octanol–water partition coefficient (Wildman–Crippen LogP) is 5.75. The molecule has 5 aliphatic heterocycles. The normalized spacial score (nSPS) is 28.4. The number of rotatable bonds is 6. The fourth-order valence-electron chi connectivity index (χ4n) is 10.3. The maximum atomic E-state index is 17.8. The Morgan fingerprint density at radius 1 is 1.11 bits per heavy atom. The van der Waals surface area contributed by atoms with Crippen LogP contribution in [0.15, 0.2) is 30.5 Å². The topological polar surface area (TPSA) is 101 Å². The monoisotopic (exact) mass is 723 g/mol. The summed E-state index contributed by atoms with van der Waals surface area (Å²) >= 11 is 0. The molecule has 0 spiro atoms. The minimum absolute atomic E-state index is 0.00250. The van der Waals surface area contributed by atoms with Gasteiger partial charge in [0.25, 0.3) is 0 Å². The summed E-state index contributed by atoms with van der Waals surface area (Å²) in [5, 5.41) is 21.3. The lowest BCUT2D eigenvalue weighted by molar-refractivity contribution is 0.0326. The van der Waals surface area contributed by atoms with Crippen LogP contribution in [0.25, 0.3) is 43.7 Å². The zero-order valence-corrected chi connectivity index (χ0v) is 29.5. The number of alkyl halides is 1. The number of piperazine rings is 1. The maximum absolute atomic E-state index is 17.8. The molecule has 2 bridgehead atoms. The quantitative estimate of drug-likeness (QED) is 0.213. The van der Waals surface area contributed by atoms with Crippen LogP contribution in [0, 0.1) is 24.0 Å². The molecule has 53 heavy (non-hydrogen) atoms. The van der Waals surface area contributed by atoms with Gasteiger partial charge >= 0.3 is 6.01 Å². The molecule has 10 nitrogen and oxygen atoms in total. The minimum atomic E-state index is -0.939. The van der Waals surface area contributed by atoms with E-state index in [4.69, 9.17) is 31.0 Å². The molecule has 3 aromatic carbocycles. The van der Waals surface area contributed by atoms with Crippen molar-refractivity contribution in [2.45, 2.75) is 74.3 Å². The first kappa shape index (κ1) is 33.0. The number of aromatic nitrogens is 4. The van der Waals surface area contributed by atoms with Crippen molar-refractivity contribution in [3.63, 3.8) is 0 Å². The number of phenolic OH excluding ortho intramolecular Hbond substituents is 1. The number of ether oxygens (including phenoxy) is 2. The lowest BCUT2D eigenvalue weighted by Gasteiger charge is -2.45. The highest BCUT2D eigenvalue weighted by atomic mass is 19.1. The van der Waals surface area contributed by atoms with Gasteiger partial charge in [0.15, 0.2) is 5.82 Å². The zero-order chi connectivity index (χ0) is 36.2. The van der Waals surface area contributed by atoms with Gasteiger partial charge in [-0.3, -0.25) is 9.58 Å². The third-order valence-electron chi connectivity index (χ3n) is 12.5. The molecule has 2 unspecified atom stereocenters. The molecule has 0 radical (unpaired) electrons. The van der Waals surface area contributed by atoms with Gasteiger partial charge in [-0.15, -0.1) is 6.42 Å². The summed E-state index contributed by atoms with van der Waals surface area (Å²) in [6.45, 7) is 3.30. The van der Waals surface area contributed by atoms with Crippen LogP contribution in [0.5, 0.6) is 11.8 Å². The van der Waals surface area contributed by atoms with Crippen molar-refractivity contribution >= 4 is 38.4 Å². The van der Waals surface area contributed by atoms with Gasteiger partial charge in [0.1, 0.15) is 41.2 Å². The van der Waals surface area contributed by atoms with Gasteiger partial charge < -0.3 is 24.8 Å². The molecule has 0 amide bonds. The van der Waals surface area contributed by atoms with Gasteiger partial charge in [0.2, 0.25) is 0 Å². The first-order valence-corrected chi connectivity index (χ1v) is 18.6. The number of anilines is 1. The molecule has 13 heteroatoms. The molecule has 0 aliphatic carbocycles. The Balaban J connectivity index is 1.21. The summed E-state index contributed by atoms with van der Waals surface area (Å²) in [7, 11) is 1.75. The summed E-state index contributed by atoms with van der Waals surface area (Å²) in [4.78, 5) is 14.2. The van der Waals surface area contributed by atoms with Gasteiger partial charge in [-0.05, 0) is 74.2 Å². The Hall–Kier alpha value is -4.64. The van der Waals surface area contributed by atoms with Crippen LogP contribution in [0.4, 0.5) is 19.0 Å². The van der Waals surface area contributed by atoms with Crippen molar-refractivity contribution < 1.29 is 27.8 Å². The number of aryl methyl sites for hydroxylation is 1. The van der Waals surface area contributed by atoms with Gasteiger partial charge in [-0.2, -0.15) is 15.1 Å². The van der Waals surface area contributed by atoms with Crippen molar-refractivity contribution in [1.82, 2.24) is 30.0 Å². The van der Waals surface area contributed by atoms with Crippen LogP contribution < -0.4 is 15.0 Å². The van der Waals surface area contributed by atoms with E-state index in [9.17, 15) is 9.50 Å². The number of nitrogens with zero attached hydrogens (tertiary/aromatic N) is 6. The Bertz CT molecular complexity index is 2370. The maximum Gasteiger partial charge on any atom is 0.319 e. The number of halogens is 3. The minimum Gasteiger partial charge on any atom is -0.508 e. The first-order chi connectivity index (χ1) is 25.6. The number of aromatic hydroxyl groups is 1. The van der Waals surface area contributed by atoms with E-state index in [0.717, 1.165) is 51.7 Å². The molecule has 0 saturated carbocycles. The standard InChI is InChI=1S/C40H40F3N7O3/c1-3-26-29(42)8-7-22-14-25(51)15-27(31(22)26)32-34(43)36-33(28-19-48(2)47-35(28)32)37(49-18-24-9-11-40(20-49,46-24)30-6-4-13-52-30)45-38(44-36)53-21-39-10-5-12-50(39)17-23(41)16-39/h1,7-8,14-15,19,23-24,30,46,51H,4-6,9-13,16-18,20-21H2,2H3/t23-,24?,30+,39+,40?/m1/s1. The highest BCUT2D eigenvalue weighted by molar-refractivity contribution is 6.18. The van der Waals surface area contributed by atoms with E-state index in [1.807, 2.05) is 6.20 Å². The Morgan fingerprint density at radius 3 is 2.83 bits per heavy atom. The molecule has 5 aliphatic rings. The molecule has 2 aromatic heterocycles. The number of hydrogen-bond donors (Lipinski definition) is 2.